The molecular weight excluding hydrogens is 216 g/mol. The van der Waals surface area contributed by atoms with Crippen molar-refractivity contribution in [2.45, 2.75) is 20.3 Å². The van der Waals surface area contributed by atoms with Crippen molar-refractivity contribution in [3.8, 4) is 0 Å². The maximum Gasteiger partial charge on any atom is 0.291 e. The number of rotatable bonds is 3. The minimum atomic E-state index is -0.240. The summed E-state index contributed by atoms with van der Waals surface area (Å²) < 4.78 is 5.37. The highest BCUT2D eigenvalue weighted by atomic mass is 16.3. The molecule has 2 heterocycles. The van der Waals surface area contributed by atoms with Gasteiger partial charge in [0.2, 0.25) is 0 Å². The Kier molecular flexibility index (Phi) is 3.23. The third-order valence-corrected chi connectivity index (χ3v) is 2.39. The van der Waals surface area contributed by atoms with E-state index in [2.05, 4.69) is 10.3 Å². The van der Waals surface area contributed by atoms with Crippen LogP contribution in [0.15, 0.2) is 34.9 Å². The number of anilines is 1. The van der Waals surface area contributed by atoms with Gasteiger partial charge in [-0.15, -0.1) is 0 Å². The standard InChI is InChI=1S/C13H14N2O2/c1-3-11-4-5-12(17-11)13(16)15-10-6-7-14-9(2)8-10/h4-8H,3H2,1-2H3,(H,14,15,16). The van der Waals surface area contributed by atoms with Crippen LogP contribution in [0.3, 0.4) is 0 Å². The Morgan fingerprint density at radius 1 is 1.41 bits per heavy atom. The SMILES string of the molecule is CCc1ccc(C(=O)Nc2ccnc(C)c2)o1. The zero-order chi connectivity index (χ0) is 12.3. The van der Waals surface area contributed by atoms with Gasteiger partial charge in [-0.25, -0.2) is 0 Å². The second kappa shape index (κ2) is 4.82. The molecule has 2 rings (SSSR count). The molecule has 0 atom stereocenters. The highest BCUT2D eigenvalue weighted by molar-refractivity contribution is 6.02. The fourth-order valence-corrected chi connectivity index (χ4v) is 1.51. The van der Waals surface area contributed by atoms with Crippen LogP contribution < -0.4 is 5.32 Å². The van der Waals surface area contributed by atoms with Gasteiger partial charge in [0.15, 0.2) is 5.76 Å². The predicted octanol–water partition coefficient (Wildman–Crippen LogP) is 2.80. The molecule has 1 N–H and O–H groups in total. The number of nitrogens with one attached hydrogen (secondary N) is 1. The summed E-state index contributed by atoms with van der Waals surface area (Å²) in [7, 11) is 0. The molecule has 0 aliphatic heterocycles. The summed E-state index contributed by atoms with van der Waals surface area (Å²) in [6.07, 6.45) is 2.44. The Hall–Kier alpha value is -2.10. The first-order valence-electron chi connectivity index (χ1n) is 5.51. The molecule has 4 heteroatoms. The first kappa shape index (κ1) is 11.4. The van der Waals surface area contributed by atoms with E-state index in [0.29, 0.717) is 5.76 Å². The Morgan fingerprint density at radius 2 is 2.24 bits per heavy atom. The number of aromatic nitrogens is 1. The van der Waals surface area contributed by atoms with Crippen molar-refractivity contribution < 1.29 is 9.21 Å². The molecule has 0 aromatic carbocycles. The van der Waals surface area contributed by atoms with Crippen LogP contribution in [0.1, 0.15) is 28.9 Å². The van der Waals surface area contributed by atoms with Crippen molar-refractivity contribution in [1.82, 2.24) is 4.98 Å². The smallest absolute Gasteiger partial charge is 0.291 e. The van der Waals surface area contributed by atoms with Gasteiger partial charge in [0.25, 0.3) is 5.91 Å². The molecule has 0 radical (unpaired) electrons. The Balaban J connectivity index is 2.11. The van der Waals surface area contributed by atoms with Crippen LogP contribution in [0.2, 0.25) is 0 Å². The largest absolute Gasteiger partial charge is 0.456 e. The highest BCUT2D eigenvalue weighted by Gasteiger charge is 2.10. The van der Waals surface area contributed by atoms with Crippen molar-refractivity contribution in [3.05, 3.63) is 47.7 Å². The van der Waals surface area contributed by atoms with Crippen LogP contribution in [0.25, 0.3) is 0 Å². The third-order valence-electron chi connectivity index (χ3n) is 2.39. The van der Waals surface area contributed by atoms with Crippen molar-refractivity contribution >= 4 is 11.6 Å². The van der Waals surface area contributed by atoms with Gasteiger partial charge < -0.3 is 9.73 Å². The molecule has 17 heavy (non-hydrogen) atoms. The second-order valence-electron chi connectivity index (χ2n) is 3.76. The number of furan rings is 1. The third kappa shape index (κ3) is 2.72. The van der Waals surface area contributed by atoms with Gasteiger partial charge in [-0.1, -0.05) is 6.92 Å². The van der Waals surface area contributed by atoms with E-state index in [1.54, 1.807) is 18.3 Å². The molecule has 88 valence electrons. The van der Waals surface area contributed by atoms with Gasteiger partial charge in [-0.2, -0.15) is 0 Å². The molecule has 0 aliphatic rings. The lowest BCUT2D eigenvalue weighted by Crippen LogP contribution is -2.11. The molecule has 0 unspecified atom stereocenters. The highest BCUT2D eigenvalue weighted by Crippen LogP contribution is 2.12. The number of hydrogen-bond donors (Lipinski definition) is 1. The van der Waals surface area contributed by atoms with E-state index in [4.69, 9.17) is 4.42 Å². The molecule has 2 aromatic rings. The predicted molar refractivity (Wildman–Crippen MR) is 65.0 cm³/mol. The van der Waals surface area contributed by atoms with Gasteiger partial charge in [-0.3, -0.25) is 9.78 Å². The van der Waals surface area contributed by atoms with E-state index in [1.807, 2.05) is 26.0 Å². The van der Waals surface area contributed by atoms with Gasteiger partial charge in [-0.05, 0) is 31.2 Å². The van der Waals surface area contributed by atoms with Gasteiger partial charge in [0.1, 0.15) is 5.76 Å². The lowest BCUT2D eigenvalue weighted by atomic mass is 10.3. The summed E-state index contributed by atoms with van der Waals surface area (Å²) in [5.74, 6) is 0.896. The van der Waals surface area contributed by atoms with Crippen molar-refractivity contribution in [1.29, 1.82) is 0 Å². The Morgan fingerprint density at radius 3 is 2.88 bits per heavy atom. The average molecular weight is 230 g/mol. The number of carbonyl (C=O) groups is 1. The molecule has 0 bridgehead atoms. The minimum absolute atomic E-state index is 0.240. The number of pyridine rings is 1. The lowest BCUT2D eigenvalue weighted by molar-refractivity contribution is 0.0995. The van der Waals surface area contributed by atoms with Crippen LogP contribution in [-0.2, 0) is 6.42 Å². The molecule has 2 aromatic heterocycles. The normalized spacial score (nSPS) is 10.2. The zero-order valence-electron chi connectivity index (χ0n) is 9.86. The maximum atomic E-state index is 11.8. The maximum absolute atomic E-state index is 11.8. The van der Waals surface area contributed by atoms with E-state index >= 15 is 0 Å². The first-order chi connectivity index (χ1) is 8.19. The molecule has 0 saturated heterocycles. The average Bonchev–Trinajstić information content (AvgIpc) is 2.77. The molecule has 1 amide bonds. The van der Waals surface area contributed by atoms with E-state index in [1.165, 1.54) is 0 Å². The Labute approximate surface area is 99.7 Å². The lowest BCUT2D eigenvalue weighted by Gasteiger charge is -2.03. The molecule has 0 aliphatic carbocycles. The summed E-state index contributed by atoms with van der Waals surface area (Å²) >= 11 is 0. The van der Waals surface area contributed by atoms with Crippen molar-refractivity contribution in [2.75, 3.05) is 5.32 Å². The van der Waals surface area contributed by atoms with Crippen molar-refractivity contribution in [3.63, 3.8) is 0 Å². The van der Waals surface area contributed by atoms with E-state index in [-0.39, 0.29) is 5.91 Å². The van der Waals surface area contributed by atoms with E-state index in [0.717, 1.165) is 23.6 Å². The summed E-state index contributed by atoms with van der Waals surface area (Å²) in [5, 5.41) is 2.76. The van der Waals surface area contributed by atoms with Crippen molar-refractivity contribution in [2.24, 2.45) is 0 Å². The summed E-state index contributed by atoms with van der Waals surface area (Å²) in [4.78, 5) is 15.9. The van der Waals surface area contributed by atoms with Gasteiger partial charge >= 0.3 is 0 Å². The van der Waals surface area contributed by atoms with Crippen LogP contribution >= 0.6 is 0 Å². The van der Waals surface area contributed by atoms with E-state index < -0.39 is 0 Å². The quantitative estimate of drug-likeness (QED) is 0.882. The van der Waals surface area contributed by atoms with Crippen LogP contribution in [0.5, 0.6) is 0 Å². The summed E-state index contributed by atoms with van der Waals surface area (Å²) in [6, 6.07) is 7.05. The number of nitrogens with zero attached hydrogens (tertiary/aromatic N) is 1. The second-order valence-corrected chi connectivity index (χ2v) is 3.76. The Bertz CT molecular complexity index is 532. The number of carbonyl (C=O) groups excluding carboxylic acids is 1. The fraction of sp³-hybridized carbons (Fsp3) is 0.231. The molecular formula is C13H14N2O2. The molecule has 0 saturated carbocycles. The molecule has 4 nitrogen and oxygen atoms in total. The first-order valence-corrected chi connectivity index (χ1v) is 5.51. The summed E-state index contributed by atoms with van der Waals surface area (Å²) in [6.45, 7) is 3.85. The van der Waals surface area contributed by atoms with Gasteiger partial charge in [0.05, 0.1) is 0 Å². The number of hydrogen-bond acceptors (Lipinski definition) is 3. The van der Waals surface area contributed by atoms with Gasteiger partial charge in [0, 0.05) is 24.0 Å². The van der Waals surface area contributed by atoms with Crippen LogP contribution in [0, 0.1) is 6.92 Å². The summed E-state index contributed by atoms with van der Waals surface area (Å²) in [5.41, 5.74) is 1.58. The molecule has 0 fully saturated rings. The minimum Gasteiger partial charge on any atom is -0.456 e. The van der Waals surface area contributed by atoms with Crippen LogP contribution in [-0.4, -0.2) is 10.9 Å². The zero-order valence-corrected chi connectivity index (χ0v) is 9.86. The fourth-order valence-electron chi connectivity index (χ4n) is 1.51. The number of aryl methyl sites for hydroxylation is 2. The number of amides is 1. The monoisotopic (exact) mass is 230 g/mol. The molecule has 0 spiro atoms. The van der Waals surface area contributed by atoms with E-state index in [9.17, 15) is 4.79 Å². The van der Waals surface area contributed by atoms with Crippen LogP contribution in [0.4, 0.5) is 5.69 Å². The topological polar surface area (TPSA) is 55.1 Å².